The van der Waals surface area contributed by atoms with Gasteiger partial charge in [-0.15, -0.1) is 5.10 Å². The van der Waals surface area contributed by atoms with E-state index in [0.29, 0.717) is 23.7 Å². The number of hydrogen-bond donors (Lipinski definition) is 2. The summed E-state index contributed by atoms with van der Waals surface area (Å²) in [5.74, 6) is -0.697. The largest absolute Gasteiger partial charge is 0.497 e. The van der Waals surface area contributed by atoms with Gasteiger partial charge in [-0.3, -0.25) is 9.59 Å². The van der Waals surface area contributed by atoms with Gasteiger partial charge in [0.15, 0.2) is 0 Å². The molecule has 2 N–H and O–H groups in total. The molecule has 9 nitrogen and oxygen atoms in total. The molecule has 0 bridgehead atoms. The first-order valence-electron chi connectivity index (χ1n) is 7.02. The topological polar surface area (TPSA) is 111 Å². The number of methoxy groups -OCH3 is 1. The van der Waals surface area contributed by atoms with Crippen LogP contribution in [0.2, 0.25) is 0 Å². The number of hydrogen-bond acceptors (Lipinski definition) is 6. The molecule has 0 aliphatic rings. The van der Waals surface area contributed by atoms with E-state index in [4.69, 9.17) is 4.74 Å². The number of nitrogens with zero attached hydrogens (tertiary/aromatic N) is 4. The van der Waals surface area contributed by atoms with Crippen LogP contribution >= 0.6 is 0 Å². The van der Waals surface area contributed by atoms with Crippen molar-refractivity contribution in [3.63, 3.8) is 0 Å². The second kappa shape index (κ2) is 7.34. The molecular formula is C14H18N6O3. The summed E-state index contributed by atoms with van der Waals surface area (Å²) in [7, 11) is 1.51. The van der Waals surface area contributed by atoms with Crippen molar-refractivity contribution >= 4 is 17.5 Å². The first-order valence-corrected chi connectivity index (χ1v) is 7.02. The number of aromatic nitrogens is 4. The summed E-state index contributed by atoms with van der Waals surface area (Å²) in [5.41, 5.74) is 0.877. The Hall–Kier alpha value is -2.97. The maximum absolute atomic E-state index is 12.0. The summed E-state index contributed by atoms with van der Waals surface area (Å²) in [6.45, 7) is 4.30. The molecule has 2 aromatic rings. The zero-order chi connectivity index (χ0) is 16.8. The molecule has 2 amide bonds. The van der Waals surface area contributed by atoms with Crippen molar-refractivity contribution in [3.8, 4) is 11.4 Å². The van der Waals surface area contributed by atoms with Gasteiger partial charge in [-0.2, -0.15) is 4.68 Å². The minimum absolute atomic E-state index is 0.250. The monoisotopic (exact) mass is 318 g/mol. The summed E-state index contributed by atoms with van der Waals surface area (Å²) >= 11 is 0. The van der Waals surface area contributed by atoms with Crippen LogP contribution in [-0.2, 0) is 9.59 Å². The van der Waals surface area contributed by atoms with Crippen LogP contribution in [0.3, 0.4) is 0 Å². The quantitative estimate of drug-likeness (QED) is 0.771. The predicted molar refractivity (Wildman–Crippen MR) is 82.2 cm³/mol. The molecular weight excluding hydrogens is 300 g/mol. The van der Waals surface area contributed by atoms with Gasteiger partial charge in [-0.25, -0.2) is 0 Å². The summed E-state index contributed by atoms with van der Waals surface area (Å²) in [4.78, 5) is 23.8. The molecule has 0 fully saturated rings. The Morgan fingerprint density at radius 3 is 2.70 bits per heavy atom. The van der Waals surface area contributed by atoms with E-state index in [1.54, 1.807) is 18.2 Å². The number of rotatable bonds is 5. The van der Waals surface area contributed by atoms with Crippen LogP contribution in [0.5, 0.6) is 5.75 Å². The fourth-order valence-corrected chi connectivity index (χ4v) is 1.77. The van der Waals surface area contributed by atoms with Crippen molar-refractivity contribution in [2.45, 2.75) is 13.8 Å². The highest BCUT2D eigenvalue weighted by Crippen LogP contribution is 2.25. The molecule has 0 atom stereocenters. The molecule has 1 heterocycles. The highest BCUT2D eigenvalue weighted by atomic mass is 16.5. The maximum Gasteiger partial charge on any atom is 0.313 e. The molecule has 0 saturated heterocycles. The van der Waals surface area contributed by atoms with Crippen molar-refractivity contribution in [1.29, 1.82) is 0 Å². The van der Waals surface area contributed by atoms with E-state index in [9.17, 15) is 9.59 Å². The number of anilines is 1. The molecule has 0 saturated carbocycles. The predicted octanol–water partition coefficient (Wildman–Crippen LogP) is 0.382. The van der Waals surface area contributed by atoms with E-state index in [1.165, 1.54) is 18.1 Å². The summed E-state index contributed by atoms with van der Waals surface area (Å²) < 4.78 is 6.51. The number of benzene rings is 1. The fraction of sp³-hybridized carbons (Fsp3) is 0.357. The van der Waals surface area contributed by atoms with E-state index in [1.807, 2.05) is 13.8 Å². The van der Waals surface area contributed by atoms with Crippen LogP contribution in [0.25, 0.3) is 5.69 Å². The number of tetrazole rings is 1. The average molecular weight is 318 g/mol. The van der Waals surface area contributed by atoms with Gasteiger partial charge in [-0.05, 0) is 28.5 Å². The third kappa shape index (κ3) is 4.25. The van der Waals surface area contributed by atoms with Gasteiger partial charge in [0.1, 0.15) is 12.1 Å². The minimum atomic E-state index is -0.770. The molecule has 122 valence electrons. The Morgan fingerprint density at radius 1 is 1.30 bits per heavy atom. The van der Waals surface area contributed by atoms with E-state index >= 15 is 0 Å². The molecule has 2 rings (SSSR count). The molecule has 0 unspecified atom stereocenters. The highest BCUT2D eigenvalue weighted by Gasteiger charge is 2.17. The van der Waals surface area contributed by atoms with Crippen molar-refractivity contribution in [3.05, 3.63) is 24.5 Å². The smallest absolute Gasteiger partial charge is 0.313 e. The van der Waals surface area contributed by atoms with Crippen LogP contribution in [-0.4, -0.2) is 45.7 Å². The van der Waals surface area contributed by atoms with E-state index in [-0.39, 0.29) is 5.92 Å². The molecule has 0 radical (unpaired) electrons. The molecule has 1 aromatic heterocycles. The van der Waals surface area contributed by atoms with Crippen LogP contribution in [0.15, 0.2) is 24.5 Å². The second-order valence-electron chi connectivity index (χ2n) is 5.20. The third-order valence-corrected chi connectivity index (χ3v) is 2.92. The lowest BCUT2D eigenvalue weighted by molar-refractivity contribution is -0.136. The third-order valence-electron chi connectivity index (χ3n) is 2.92. The average Bonchev–Trinajstić information content (AvgIpc) is 3.06. The molecule has 0 spiro atoms. The SMILES string of the molecule is COc1ccc(-n2cnnn2)c(NC(=O)C(=O)NCC(C)C)c1. The first-order chi connectivity index (χ1) is 11.0. The number of carbonyl (C=O) groups is 2. The lowest BCUT2D eigenvalue weighted by Gasteiger charge is -2.12. The molecule has 0 aliphatic carbocycles. The van der Waals surface area contributed by atoms with Gasteiger partial charge in [0.25, 0.3) is 0 Å². The van der Waals surface area contributed by atoms with Gasteiger partial charge in [0.05, 0.1) is 18.5 Å². The maximum atomic E-state index is 12.0. The van der Waals surface area contributed by atoms with E-state index < -0.39 is 11.8 Å². The zero-order valence-electron chi connectivity index (χ0n) is 13.1. The van der Waals surface area contributed by atoms with Gasteiger partial charge in [0.2, 0.25) is 0 Å². The van der Waals surface area contributed by atoms with Gasteiger partial charge in [0, 0.05) is 12.6 Å². The molecule has 23 heavy (non-hydrogen) atoms. The van der Waals surface area contributed by atoms with Crippen LogP contribution in [0.1, 0.15) is 13.8 Å². The second-order valence-corrected chi connectivity index (χ2v) is 5.20. The van der Waals surface area contributed by atoms with E-state index in [2.05, 4.69) is 26.2 Å². The van der Waals surface area contributed by atoms with Crippen LogP contribution in [0, 0.1) is 5.92 Å². The number of amides is 2. The van der Waals surface area contributed by atoms with Crippen molar-refractivity contribution in [2.24, 2.45) is 5.92 Å². The number of carbonyl (C=O) groups excluding carboxylic acids is 2. The van der Waals surface area contributed by atoms with Crippen molar-refractivity contribution in [2.75, 3.05) is 19.0 Å². The van der Waals surface area contributed by atoms with Crippen LogP contribution < -0.4 is 15.4 Å². The summed E-state index contributed by atoms with van der Waals surface area (Å²) in [5, 5.41) is 16.0. The lowest BCUT2D eigenvalue weighted by atomic mass is 10.2. The van der Waals surface area contributed by atoms with Gasteiger partial charge < -0.3 is 15.4 Å². The molecule has 0 aliphatic heterocycles. The zero-order valence-corrected chi connectivity index (χ0v) is 13.1. The highest BCUT2D eigenvalue weighted by molar-refractivity contribution is 6.39. The molecule has 9 heteroatoms. The first kappa shape index (κ1) is 16.4. The Balaban J connectivity index is 2.20. The summed E-state index contributed by atoms with van der Waals surface area (Å²) in [6.07, 6.45) is 1.39. The Morgan fingerprint density at radius 2 is 2.09 bits per heavy atom. The fourth-order valence-electron chi connectivity index (χ4n) is 1.77. The lowest BCUT2D eigenvalue weighted by Crippen LogP contribution is -2.37. The standard InChI is InChI=1S/C14H18N6O3/c1-9(2)7-15-13(21)14(22)17-11-6-10(23-3)4-5-12(11)20-8-16-18-19-20/h4-6,8-9H,7H2,1-3H3,(H,15,21)(H,17,22). The van der Waals surface area contributed by atoms with Crippen molar-refractivity contribution < 1.29 is 14.3 Å². The Bertz CT molecular complexity index is 684. The van der Waals surface area contributed by atoms with Crippen molar-refractivity contribution in [1.82, 2.24) is 25.5 Å². The minimum Gasteiger partial charge on any atom is -0.497 e. The Labute approximate surface area is 133 Å². The van der Waals surface area contributed by atoms with Gasteiger partial charge in [-0.1, -0.05) is 13.8 Å². The normalized spacial score (nSPS) is 10.4. The number of ether oxygens (including phenoxy) is 1. The van der Waals surface area contributed by atoms with E-state index in [0.717, 1.165) is 0 Å². The number of nitrogens with one attached hydrogen (secondary N) is 2. The van der Waals surface area contributed by atoms with Crippen LogP contribution in [0.4, 0.5) is 5.69 Å². The molecule has 1 aromatic carbocycles. The van der Waals surface area contributed by atoms with Gasteiger partial charge >= 0.3 is 11.8 Å². The summed E-state index contributed by atoms with van der Waals surface area (Å²) in [6, 6.07) is 4.97. The Kier molecular flexibility index (Phi) is 5.23.